The van der Waals surface area contributed by atoms with Crippen LogP contribution in [0.25, 0.3) is 78.4 Å². The zero-order chi connectivity index (χ0) is 41.0. The summed E-state index contributed by atoms with van der Waals surface area (Å²) < 4.78 is 6.77. The molecule has 9 aromatic rings. The van der Waals surface area contributed by atoms with Crippen LogP contribution >= 0.6 is 0 Å². The topological polar surface area (TPSA) is 35.0 Å². The van der Waals surface area contributed by atoms with Crippen LogP contribution in [0, 0.1) is 0 Å². The van der Waals surface area contributed by atoms with Crippen LogP contribution < -0.4 is 4.74 Å². The molecule has 0 radical (unpaired) electrons. The molecule has 3 aliphatic rings. The number of hydrogen-bond acceptors (Lipinski definition) is 3. The fourth-order valence-electron chi connectivity index (χ4n) is 10.0. The van der Waals surface area contributed by atoms with Gasteiger partial charge in [-0.1, -0.05) is 182 Å². The predicted molar refractivity (Wildman–Crippen MR) is 252 cm³/mol. The van der Waals surface area contributed by atoms with Gasteiger partial charge in [0, 0.05) is 27.8 Å². The highest BCUT2D eigenvalue weighted by Crippen LogP contribution is 2.62. The van der Waals surface area contributed by atoms with Gasteiger partial charge in [-0.05, 0) is 105 Å². The Kier molecular flexibility index (Phi) is 8.53. The molecule has 0 amide bonds. The first kappa shape index (κ1) is 36.0. The molecule has 1 spiro atoms. The van der Waals surface area contributed by atoms with Crippen LogP contribution in [0.2, 0.25) is 0 Å². The Labute approximate surface area is 362 Å². The van der Waals surface area contributed by atoms with Crippen molar-refractivity contribution in [1.29, 1.82) is 0 Å². The van der Waals surface area contributed by atoms with Gasteiger partial charge in [-0.2, -0.15) is 0 Å². The summed E-state index contributed by atoms with van der Waals surface area (Å²) in [6.45, 7) is 0. The van der Waals surface area contributed by atoms with Crippen molar-refractivity contribution >= 4 is 0 Å². The second-order valence-electron chi connectivity index (χ2n) is 16.3. The van der Waals surface area contributed by atoms with Gasteiger partial charge >= 0.3 is 0 Å². The van der Waals surface area contributed by atoms with Crippen molar-refractivity contribution in [3.8, 4) is 84.2 Å². The standard InChI is InChI=1S/C59H40N2O/c1-3-17-39(18-4-1)46-25-7-8-28-49(46)55-38-54(40-19-5-2-6-20-40)60-58(61-55)45-24-16-23-43(36-45)41-21-15-22-42(35-41)44-33-34-57-53(37-44)59(52-31-13-14-32-56(52)62-57)50-29-11-9-26-47(50)48-27-10-12-30-51(48)59/h1-12,15-38H,13-14H2. The van der Waals surface area contributed by atoms with Crippen molar-refractivity contribution in [2.45, 2.75) is 18.3 Å². The van der Waals surface area contributed by atoms with Gasteiger partial charge in [-0.3, -0.25) is 0 Å². The van der Waals surface area contributed by atoms with Gasteiger partial charge in [0.2, 0.25) is 0 Å². The van der Waals surface area contributed by atoms with Gasteiger partial charge < -0.3 is 4.74 Å². The fraction of sp³-hybridized carbons (Fsp3) is 0.0508. The third-order valence-corrected chi connectivity index (χ3v) is 12.8. The fourth-order valence-corrected chi connectivity index (χ4v) is 10.0. The Morgan fingerprint density at radius 2 is 0.871 bits per heavy atom. The molecule has 0 fully saturated rings. The molecule has 0 bridgehead atoms. The van der Waals surface area contributed by atoms with Gasteiger partial charge in [0.15, 0.2) is 5.82 Å². The summed E-state index contributed by atoms with van der Waals surface area (Å²) >= 11 is 0. The van der Waals surface area contributed by atoms with Crippen LogP contribution in [0.5, 0.6) is 5.75 Å². The Hall–Kier alpha value is -7.88. The summed E-state index contributed by atoms with van der Waals surface area (Å²) in [5.74, 6) is 2.58. The minimum absolute atomic E-state index is 0.469. The first-order valence-electron chi connectivity index (χ1n) is 21.5. The lowest BCUT2D eigenvalue weighted by atomic mass is 9.64. The molecule has 0 saturated carbocycles. The van der Waals surface area contributed by atoms with Gasteiger partial charge in [-0.25, -0.2) is 9.97 Å². The monoisotopic (exact) mass is 792 g/mol. The SMILES string of the molecule is C1=C2Oc3ccc(-c4cccc(-c5cccc(-c6nc(-c7ccccc7)cc(-c7ccccc7-c7ccccc7)n6)c5)c4)cc3C3(C2=CCC1)c1ccccc1-c1ccccc13. The highest BCUT2D eigenvalue weighted by molar-refractivity contribution is 5.90. The Balaban J connectivity index is 0.967. The van der Waals surface area contributed by atoms with E-state index < -0.39 is 5.41 Å². The quantitative estimate of drug-likeness (QED) is 0.168. The van der Waals surface area contributed by atoms with Crippen molar-refractivity contribution in [1.82, 2.24) is 9.97 Å². The molecule has 62 heavy (non-hydrogen) atoms. The van der Waals surface area contributed by atoms with Crippen molar-refractivity contribution in [2.24, 2.45) is 0 Å². The second kappa shape index (κ2) is 14.7. The van der Waals surface area contributed by atoms with Crippen LogP contribution in [0.1, 0.15) is 29.5 Å². The average molecular weight is 793 g/mol. The van der Waals surface area contributed by atoms with Crippen LogP contribution in [0.4, 0.5) is 0 Å². The zero-order valence-corrected chi connectivity index (χ0v) is 34.0. The number of hydrogen-bond donors (Lipinski definition) is 0. The number of fused-ring (bicyclic) bond motifs is 9. The highest BCUT2D eigenvalue weighted by atomic mass is 16.5. The van der Waals surface area contributed by atoms with E-state index in [0.717, 1.165) is 85.8 Å². The van der Waals surface area contributed by atoms with Crippen molar-refractivity contribution in [3.05, 3.63) is 246 Å². The Morgan fingerprint density at radius 3 is 1.56 bits per heavy atom. The van der Waals surface area contributed by atoms with Gasteiger partial charge in [0.25, 0.3) is 0 Å². The molecule has 292 valence electrons. The Morgan fingerprint density at radius 1 is 0.355 bits per heavy atom. The number of aromatic nitrogens is 2. The molecule has 3 nitrogen and oxygen atoms in total. The summed E-state index contributed by atoms with van der Waals surface area (Å²) in [7, 11) is 0. The van der Waals surface area contributed by atoms with E-state index in [1.54, 1.807) is 0 Å². The molecule has 2 aliphatic carbocycles. The maximum Gasteiger partial charge on any atom is 0.160 e. The maximum atomic E-state index is 6.77. The van der Waals surface area contributed by atoms with Crippen LogP contribution in [-0.4, -0.2) is 9.97 Å². The third-order valence-electron chi connectivity index (χ3n) is 12.8. The number of ether oxygens (including phenoxy) is 1. The predicted octanol–water partition coefficient (Wildman–Crippen LogP) is 14.8. The van der Waals surface area contributed by atoms with E-state index in [0.29, 0.717) is 5.82 Å². The zero-order valence-electron chi connectivity index (χ0n) is 34.0. The molecule has 1 aliphatic heterocycles. The summed E-state index contributed by atoms with van der Waals surface area (Å²) in [5.41, 5.74) is 18.8. The van der Waals surface area contributed by atoms with E-state index in [1.165, 1.54) is 33.4 Å². The van der Waals surface area contributed by atoms with Crippen LogP contribution in [0.3, 0.4) is 0 Å². The van der Waals surface area contributed by atoms with E-state index in [2.05, 4.69) is 212 Å². The van der Waals surface area contributed by atoms with Crippen molar-refractivity contribution < 1.29 is 4.74 Å². The molecular formula is C59H40N2O. The smallest absolute Gasteiger partial charge is 0.160 e. The molecule has 0 saturated heterocycles. The van der Waals surface area contributed by atoms with E-state index in [1.807, 2.05) is 6.07 Å². The van der Waals surface area contributed by atoms with E-state index >= 15 is 0 Å². The highest BCUT2D eigenvalue weighted by Gasteiger charge is 2.52. The van der Waals surface area contributed by atoms with E-state index in [-0.39, 0.29) is 0 Å². The summed E-state index contributed by atoms with van der Waals surface area (Å²) in [5, 5.41) is 0. The number of nitrogens with zero attached hydrogens (tertiary/aromatic N) is 2. The molecule has 1 aromatic heterocycles. The molecule has 2 heterocycles. The summed E-state index contributed by atoms with van der Waals surface area (Å²) in [4.78, 5) is 10.5. The minimum Gasteiger partial charge on any atom is -0.457 e. The van der Waals surface area contributed by atoms with Crippen molar-refractivity contribution in [2.75, 3.05) is 0 Å². The van der Waals surface area contributed by atoms with Gasteiger partial charge in [0.05, 0.1) is 16.8 Å². The molecule has 0 N–H and O–H groups in total. The first-order chi connectivity index (χ1) is 30.7. The van der Waals surface area contributed by atoms with Gasteiger partial charge in [-0.15, -0.1) is 0 Å². The molecule has 0 atom stereocenters. The average Bonchev–Trinajstić information content (AvgIpc) is 3.65. The van der Waals surface area contributed by atoms with Crippen LogP contribution in [0.15, 0.2) is 230 Å². The maximum absolute atomic E-state index is 6.77. The second-order valence-corrected chi connectivity index (χ2v) is 16.3. The van der Waals surface area contributed by atoms with Crippen molar-refractivity contribution in [3.63, 3.8) is 0 Å². The third kappa shape index (κ3) is 5.81. The lowest BCUT2D eigenvalue weighted by Crippen LogP contribution is -2.36. The van der Waals surface area contributed by atoms with E-state index in [4.69, 9.17) is 14.7 Å². The van der Waals surface area contributed by atoms with E-state index in [9.17, 15) is 0 Å². The molecule has 8 aromatic carbocycles. The summed E-state index contributed by atoms with van der Waals surface area (Å²) in [6, 6.07) is 73.7. The molecular weight excluding hydrogens is 753 g/mol. The Bertz CT molecular complexity index is 3220. The van der Waals surface area contributed by atoms with Gasteiger partial charge in [0.1, 0.15) is 11.5 Å². The van der Waals surface area contributed by atoms with Crippen LogP contribution in [-0.2, 0) is 5.41 Å². The first-order valence-corrected chi connectivity index (χ1v) is 21.5. The minimum atomic E-state index is -0.469. The molecule has 12 rings (SSSR count). The number of benzene rings is 8. The normalized spacial score (nSPS) is 14.1. The largest absolute Gasteiger partial charge is 0.457 e. The summed E-state index contributed by atoms with van der Waals surface area (Å²) in [6.07, 6.45) is 6.67. The number of allylic oxidation sites excluding steroid dienone is 3. The lowest BCUT2D eigenvalue weighted by molar-refractivity contribution is 0.383. The lowest BCUT2D eigenvalue weighted by Gasteiger charge is -2.42. The number of rotatable bonds is 6. The molecule has 3 heteroatoms. The molecule has 0 unspecified atom stereocenters.